The zero-order valence-corrected chi connectivity index (χ0v) is 25.6. The summed E-state index contributed by atoms with van der Waals surface area (Å²) < 4.78 is 52.6. The molecule has 4 aliphatic carbocycles. The van der Waals surface area contributed by atoms with E-state index in [2.05, 4.69) is 0 Å². The first kappa shape index (κ1) is 34.1. The maximum Gasteiger partial charge on any atom is 0.362 e. The first-order chi connectivity index (χ1) is 19.3. The van der Waals surface area contributed by atoms with Gasteiger partial charge in [-0.05, 0) is 51.4 Å². The number of aliphatic hydroxyl groups excluding tert-OH is 2. The third-order valence-corrected chi connectivity index (χ3v) is 12.8. The van der Waals surface area contributed by atoms with Crippen LogP contribution in [0, 0.1) is 0 Å². The molecule has 0 heterocycles. The Morgan fingerprint density at radius 1 is 0.450 bits per heavy atom. The van der Waals surface area contributed by atoms with Gasteiger partial charge in [-0.1, -0.05) is 77.0 Å². The van der Waals surface area contributed by atoms with Crippen LogP contribution in [-0.2, 0) is 36.8 Å². The standard InChI is InChI=1S/C26H48O8P2.C2H2O2/c27-25(35(29,31-21-13-5-1-6-14-21)32-22-15-7-2-8-16-22)26(28)36(30,33-23-17-9-3-10-18-23)34-24-19-11-4-12-20-24;3-1-2-4/h21-28H,1-20H2;1-2H. The zero-order chi connectivity index (χ0) is 28.8. The van der Waals surface area contributed by atoms with Crippen LogP contribution >= 0.6 is 15.2 Å². The van der Waals surface area contributed by atoms with Crippen LogP contribution in [0.5, 0.6) is 0 Å². The van der Waals surface area contributed by atoms with Crippen LogP contribution in [0.15, 0.2) is 0 Å². The second-order valence-electron chi connectivity index (χ2n) is 11.6. The highest BCUT2D eigenvalue weighted by molar-refractivity contribution is 7.59. The van der Waals surface area contributed by atoms with Crippen molar-refractivity contribution in [3.05, 3.63) is 0 Å². The van der Waals surface area contributed by atoms with Crippen LogP contribution in [0.3, 0.4) is 0 Å². The summed E-state index contributed by atoms with van der Waals surface area (Å²) in [6, 6.07) is 0. The fourth-order valence-corrected chi connectivity index (χ4v) is 10.9. The molecule has 2 unspecified atom stereocenters. The Kier molecular flexibility index (Phi) is 15.0. The number of hydrogen-bond donors (Lipinski definition) is 2. The second-order valence-corrected chi connectivity index (χ2v) is 15.7. The van der Waals surface area contributed by atoms with Gasteiger partial charge in [0, 0.05) is 0 Å². The van der Waals surface area contributed by atoms with Crippen LogP contribution in [0.2, 0.25) is 0 Å². The van der Waals surface area contributed by atoms with Crippen LogP contribution in [0.4, 0.5) is 0 Å². The van der Waals surface area contributed by atoms with Gasteiger partial charge in [0.15, 0.2) is 24.3 Å². The van der Waals surface area contributed by atoms with Crippen molar-refractivity contribution < 1.29 is 47.0 Å². The summed E-state index contributed by atoms with van der Waals surface area (Å²) >= 11 is 0. The quantitative estimate of drug-likeness (QED) is 0.138. The molecule has 0 amide bonds. The van der Waals surface area contributed by atoms with Crippen molar-refractivity contribution in [1.29, 1.82) is 0 Å². The lowest BCUT2D eigenvalue weighted by Gasteiger charge is -2.38. The van der Waals surface area contributed by atoms with Gasteiger partial charge >= 0.3 is 15.2 Å². The van der Waals surface area contributed by atoms with Gasteiger partial charge < -0.3 is 28.3 Å². The molecule has 4 aliphatic rings. The average Bonchev–Trinajstić information content (AvgIpc) is 2.98. The lowest BCUT2D eigenvalue weighted by molar-refractivity contribution is -0.122. The summed E-state index contributed by atoms with van der Waals surface area (Å²) in [5, 5.41) is 22.8. The van der Waals surface area contributed by atoms with Gasteiger partial charge in [-0.15, -0.1) is 0 Å². The molecular formula is C28H50O10P2. The van der Waals surface area contributed by atoms with E-state index in [9.17, 15) is 19.3 Å². The minimum absolute atomic E-state index is 0.194. The Labute approximate surface area is 239 Å². The molecule has 4 rings (SSSR count). The van der Waals surface area contributed by atoms with Gasteiger partial charge in [-0.3, -0.25) is 18.7 Å². The summed E-state index contributed by atoms with van der Waals surface area (Å²) in [6.45, 7) is 0. The van der Waals surface area contributed by atoms with E-state index in [1.54, 1.807) is 0 Å². The number of rotatable bonds is 12. The summed E-state index contributed by atoms with van der Waals surface area (Å²) in [4.78, 5) is 17.6. The van der Waals surface area contributed by atoms with Gasteiger partial charge in [0.2, 0.25) is 0 Å². The largest absolute Gasteiger partial charge is 0.378 e. The fourth-order valence-electron chi connectivity index (χ4n) is 6.14. The van der Waals surface area contributed by atoms with Crippen molar-refractivity contribution in [3.8, 4) is 0 Å². The Bertz CT molecular complexity index is 715. The van der Waals surface area contributed by atoms with E-state index < -0.39 is 26.9 Å². The molecular weight excluding hydrogens is 558 g/mol. The average molecular weight is 609 g/mol. The number of carbonyl (C=O) groups excluding carboxylic acids is 2. The summed E-state index contributed by atoms with van der Waals surface area (Å²) in [6.07, 6.45) is 17.1. The lowest BCUT2D eigenvalue weighted by Crippen LogP contribution is -2.35. The molecule has 40 heavy (non-hydrogen) atoms. The Hall–Kier alpha value is -0.440. The Morgan fingerprint density at radius 2 is 0.650 bits per heavy atom. The SMILES string of the molecule is O=CC=O.O=P(OC1CCCCC1)(OC1CCCCC1)C(O)C(O)P(=O)(OC1CCCCC1)OC1CCCCC1. The van der Waals surface area contributed by atoms with E-state index >= 15 is 0 Å². The van der Waals surface area contributed by atoms with Crippen LogP contribution in [0.1, 0.15) is 128 Å². The molecule has 0 aromatic carbocycles. The third kappa shape index (κ3) is 10.7. The summed E-state index contributed by atoms with van der Waals surface area (Å²) in [7, 11) is -8.47. The van der Waals surface area contributed by atoms with E-state index in [1.807, 2.05) is 0 Å². The van der Waals surface area contributed by atoms with Crippen LogP contribution in [-0.4, -0.2) is 58.9 Å². The van der Waals surface area contributed by atoms with Crippen molar-refractivity contribution in [3.63, 3.8) is 0 Å². The topological polar surface area (TPSA) is 146 Å². The molecule has 0 aliphatic heterocycles. The maximum atomic E-state index is 14.2. The van der Waals surface area contributed by atoms with E-state index in [-0.39, 0.29) is 37.0 Å². The normalized spacial score (nSPS) is 24.4. The first-order valence-electron chi connectivity index (χ1n) is 15.5. The summed E-state index contributed by atoms with van der Waals surface area (Å²) in [5.74, 6) is -3.97. The molecule has 2 atom stereocenters. The molecule has 0 spiro atoms. The minimum Gasteiger partial charge on any atom is -0.378 e. The molecule has 0 aromatic heterocycles. The highest BCUT2D eigenvalue weighted by atomic mass is 31.2. The lowest BCUT2D eigenvalue weighted by atomic mass is 9.98. The zero-order valence-electron chi connectivity index (χ0n) is 23.8. The van der Waals surface area contributed by atoms with Gasteiger partial charge in [0.1, 0.15) is 0 Å². The van der Waals surface area contributed by atoms with Crippen molar-refractivity contribution in [1.82, 2.24) is 0 Å². The van der Waals surface area contributed by atoms with E-state index in [0.29, 0.717) is 0 Å². The molecule has 232 valence electrons. The van der Waals surface area contributed by atoms with Crippen LogP contribution in [0.25, 0.3) is 0 Å². The molecule has 10 nitrogen and oxygen atoms in total. The van der Waals surface area contributed by atoms with E-state index in [0.717, 1.165) is 128 Å². The summed E-state index contributed by atoms with van der Waals surface area (Å²) in [5.41, 5.74) is 0. The predicted octanol–water partition coefficient (Wildman–Crippen LogP) is 6.79. The Morgan fingerprint density at radius 3 is 0.825 bits per heavy atom. The predicted molar refractivity (Wildman–Crippen MR) is 151 cm³/mol. The molecule has 12 heteroatoms. The molecule has 0 saturated heterocycles. The van der Waals surface area contributed by atoms with Gasteiger partial charge in [-0.25, -0.2) is 0 Å². The fraction of sp³-hybridized carbons (Fsp3) is 0.929. The van der Waals surface area contributed by atoms with Crippen molar-refractivity contribution in [2.75, 3.05) is 0 Å². The number of aldehydes is 2. The van der Waals surface area contributed by atoms with Gasteiger partial charge in [-0.2, -0.15) is 0 Å². The molecule has 4 fully saturated rings. The third-order valence-electron chi connectivity index (χ3n) is 8.36. The molecule has 4 saturated carbocycles. The molecule has 0 bridgehead atoms. The number of aliphatic hydroxyl groups is 2. The van der Waals surface area contributed by atoms with E-state index in [1.165, 1.54) is 0 Å². The smallest absolute Gasteiger partial charge is 0.362 e. The van der Waals surface area contributed by atoms with Crippen molar-refractivity contribution in [2.45, 2.75) is 165 Å². The maximum absolute atomic E-state index is 14.2. The highest BCUT2D eigenvalue weighted by Gasteiger charge is 2.53. The second kappa shape index (κ2) is 17.6. The van der Waals surface area contributed by atoms with Crippen molar-refractivity contribution >= 4 is 27.8 Å². The molecule has 0 radical (unpaired) electrons. The van der Waals surface area contributed by atoms with Gasteiger partial charge in [0.05, 0.1) is 24.4 Å². The van der Waals surface area contributed by atoms with Crippen molar-refractivity contribution in [2.24, 2.45) is 0 Å². The highest BCUT2D eigenvalue weighted by Crippen LogP contribution is 2.65. The van der Waals surface area contributed by atoms with E-state index in [4.69, 9.17) is 27.7 Å². The Balaban J connectivity index is 0.00000103. The molecule has 2 N–H and O–H groups in total. The monoisotopic (exact) mass is 608 g/mol. The van der Waals surface area contributed by atoms with Crippen LogP contribution < -0.4 is 0 Å². The molecule has 0 aromatic rings. The van der Waals surface area contributed by atoms with Gasteiger partial charge in [0.25, 0.3) is 0 Å². The minimum atomic E-state index is -4.23. The first-order valence-corrected chi connectivity index (χ1v) is 18.7. The number of hydrogen-bond acceptors (Lipinski definition) is 10. The number of carbonyl (C=O) groups is 2.